The van der Waals surface area contributed by atoms with Crippen LogP contribution in [0.4, 0.5) is 0 Å². The molecule has 1 unspecified atom stereocenters. The van der Waals surface area contributed by atoms with Crippen molar-refractivity contribution in [3.63, 3.8) is 0 Å². The first kappa shape index (κ1) is 15.2. The molecule has 1 amide bonds. The van der Waals surface area contributed by atoms with Crippen LogP contribution in [0, 0.1) is 0 Å². The number of nitrogens with two attached hydrogens (primary N) is 1. The summed E-state index contributed by atoms with van der Waals surface area (Å²) in [4.78, 5) is 29.5. The van der Waals surface area contributed by atoms with E-state index in [1.165, 1.54) is 12.5 Å². The zero-order valence-corrected chi connectivity index (χ0v) is 10.9. The topological polar surface area (TPSA) is 121 Å². The Bertz CT molecular complexity index is 405. The van der Waals surface area contributed by atoms with E-state index in [-0.39, 0.29) is 6.42 Å². The fraction of sp³-hybridized carbons (Fsp3) is 0.583. The molecule has 0 aromatic carbocycles. The average molecular weight is 268 g/mol. The Morgan fingerprint density at radius 3 is 2.84 bits per heavy atom. The number of nitrogens with zero attached hydrogens (tertiary/aromatic N) is 1. The number of nitrogens with one attached hydrogen (secondary N) is 2. The van der Waals surface area contributed by atoms with E-state index in [0.717, 1.165) is 12.8 Å². The molecule has 0 aliphatic carbocycles. The van der Waals surface area contributed by atoms with Crippen LogP contribution in [0.3, 0.4) is 0 Å². The Balaban J connectivity index is 2.53. The van der Waals surface area contributed by atoms with Crippen LogP contribution >= 0.6 is 0 Å². The second-order valence-electron chi connectivity index (χ2n) is 4.43. The number of imidazole rings is 1. The largest absolute Gasteiger partial charge is 0.480 e. The summed E-state index contributed by atoms with van der Waals surface area (Å²) in [6.45, 7) is 2.00. The molecule has 2 atom stereocenters. The Morgan fingerprint density at radius 2 is 2.32 bits per heavy atom. The van der Waals surface area contributed by atoms with Gasteiger partial charge in [0, 0.05) is 18.3 Å². The van der Waals surface area contributed by atoms with Gasteiger partial charge in [0.2, 0.25) is 5.91 Å². The van der Waals surface area contributed by atoms with Gasteiger partial charge in [-0.05, 0) is 6.42 Å². The molecule has 7 nitrogen and oxygen atoms in total. The third kappa shape index (κ3) is 5.09. The van der Waals surface area contributed by atoms with Gasteiger partial charge in [-0.25, -0.2) is 9.78 Å². The summed E-state index contributed by atoms with van der Waals surface area (Å²) < 4.78 is 0. The molecule has 106 valence electrons. The molecule has 1 aromatic heterocycles. The van der Waals surface area contributed by atoms with Gasteiger partial charge in [-0.15, -0.1) is 0 Å². The normalized spacial score (nSPS) is 13.8. The number of carboxylic acids is 1. The SMILES string of the molecule is CCCCC(N)C(=O)N[C@@H](Cc1cnc[nH]1)C(=O)O. The smallest absolute Gasteiger partial charge is 0.326 e. The van der Waals surface area contributed by atoms with Gasteiger partial charge in [-0.1, -0.05) is 19.8 Å². The molecule has 0 saturated heterocycles. The van der Waals surface area contributed by atoms with Gasteiger partial charge >= 0.3 is 5.97 Å². The van der Waals surface area contributed by atoms with Crippen LogP contribution in [0.2, 0.25) is 0 Å². The number of unbranched alkanes of at least 4 members (excludes halogenated alkanes) is 1. The minimum Gasteiger partial charge on any atom is -0.480 e. The number of carboxylic acid groups (broad SMARTS) is 1. The van der Waals surface area contributed by atoms with Crippen LogP contribution in [-0.4, -0.2) is 39.0 Å². The van der Waals surface area contributed by atoms with E-state index in [1.54, 1.807) is 0 Å². The minimum absolute atomic E-state index is 0.154. The summed E-state index contributed by atoms with van der Waals surface area (Å²) in [5.74, 6) is -1.52. The van der Waals surface area contributed by atoms with Crippen molar-refractivity contribution >= 4 is 11.9 Å². The van der Waals surface area contributed by atoms with Crippen molar-refractivity contribution in [2.24, 2.45) is 5.73 Å². The lowest BCUT2D eigenvalue weighted by Gasteiger charge is -2.17. The molecule has 0 aliphatic heterocycles. The van der Waals surface area contributed by atoms with Crippen LogP contribution < -0.4 is 11.1 Å². The minimum atomic E-state index is -1.09. The van der Waals surface area contributed by atoms with Gasteiger partial charge in [0.25, 0.3) is 0 Å². The van der Waals surface area contributed by atoms with Crippen LogP contribution in [0.1, 0.15) is 31.9 Å². The number of aromatic amines is 1. The van der Waals surface area contributed by atoms with Gasteiger partial charge in [-0.3, -0.25) is 4.79 Å². The fourth-order valence-electron chi connectivity index (χ4n) is 1.65. The number of rotatable bonds is 8. The third-order valence-corrected chi connectivity index (χ3v) is 2.80. The highest BCUT2D eigenvalue weighted by atomic mass is 16.4. The summed E-state index contributed by atoms with van der Waals surface area (Å²) in [5, 5.41) is 11.5. The van der Waals surface area contributed by atoms with E-state index >= 15 is 0 Å². The molecule has 0 fully saturated rings. The van der Waals surface area contributed by atoms with E-state index in [9.17, 15) is 9.59 Å². The van der Waals surface area contributed by atoms with Crippen molar-refractivity contribution in [2.75, 3.05) is 0 Å². The van der Waals surface area contributed by atoms with Crippen LogP contribution in [0.15, 0.2) is 12.5 Å². The van der Waals surface area contributed by atoms with E-state index in [2.05, 4.69) is 15.3 Å². The van der Waals surface area contributed by atoms with Crippen molar-refractivity contribution in [2.45, 2.75) is 44.7 Å². The molecule has 1 rings (SSSR count). The van der Waals surface area contributed by atoms with Gasteiger partial charge in [0.05, 0.1) is 12.4 Å². The first-order valence-electron chi connectivity index (χ1n) is 6.30. The molecule has 0 aliphatic rings. The molecule has 19 heavy (non-hydrogen) atoms. The lowest BCUT2D eigenvalue weighted by atomic mass is 10.1. The van der Waals surface area contributed by atoms with Crippen molar-refractivity contribution in [3.8, 4) is 0 Å². The number of H-pyrrole nitrogens is 1. The summed E-state index contributed by atoms with van der Waals surface area (Å²) in [6, 6.07) is -1.66. The first-order chi connectivity index (χ1) is 9.04. The molecule has 0 saturated carbocycles. The standard InChI is InChI=1S/C12H20N4O3/c1-2-3-4-9(13)11(17)16-10(12(18)19)5-8-6-14-7-15-8/h6-7,9-10H,2-5,13H2,1H3,(H,14,15)(H,16,17)(H,18,19)/t9?,10-/m0/s1. The van der Waals surface area contributed by atoms with Crippen molar-refractivity contribution < 1.29 is 14.7 Å². The molecular formula is C12H20N4O3. The van der Waals surface area contributed by atoms with E-state index in [4.69, 9.17) is 10.8 Å². The van der Waals surface area contributed by atoms with Crippen molar-refractivity contribution in [3.05, 3.63) is 18.2 Å². The number of aliphatic carboxylic acids is 1. The second-order valence-corrected chi connectivity index (χ2v) is 4.43. The maximum absolute atomic E-state index is 11.8. The number of carbonyl (C=O) groups is 2. The fourth-order valence-corrected chi connectivity index (χ4v) is 1.65. The highest BCUT2D eigenvalue weighted by Crippen LogP contribution is 2.02. The molecule has 1 aromatic rings. The van der Waals surface area contributed by atoms with Gasteiger partial charge in [-0.2, -0.15) is 0 Å². The molecular weight excluding hydrogens is 248 g/mol. The molecule has 5 N–H and O–H groups in total. The predicted octanol–water partition coefficient (Wildman–Crippen LogP) is 0.0391. The summed E-state index contributed by atoms with van der Waals surface area (Å²) in [6.07, 6.45) is 5.48. The van der Waals surface area contributed by atoms with Crippen LogP contribution in [0.5, 0.6) is 0 Å². The molecule has 7 heteroatoms. The Morgan fingerprint density at radius 1 is 1.58 bits per heavy atom. The zero-order valence-electron chi connectivity index (χ0n) is 10.9. The van der Waals surface area contributed by atoms with Crippen molar-refractivity contribution in [1.29, 1.82) is 0 Å². The Kier molecular flexibility index (Phi) is 6.01. The summed E-state index contributed by atoms with van der Waals surface area (Å²) in [5.41, 5.74) is 6.35. The van der Waals surface area contributed by atoms with E-state index < -0.39 is 24.0 Å². The maximum Gasteiger partial charge on any atom is 0.326 e. The Labute approximate surface area is 111 Å². The number of aromatic nitrogens is 2. The van der Waals surface area contributed by atoms with Gasteiger partial charge in [0.15, 0.2) is 0 Å². The van der Waals surface area contributed by atoms with Crippen molar-refractivity contribution in [1.82, 2.24) is 15.3 Å². The summed E-state index contributed by atoms with van der Waals surface area (Å²) >= 11 is 0. The first-order valence-corrected chi connectivity index (χ1v) is 6.30. The highest BCUT2D eigenvalue weighted by molar-refractivity contribution is 5.86. The monoisotopic (exact) mass is 268 g/mol. The number of hydrogen-bond acceptors (Lipinski definition) is 4. The second kappa shape index (κ2) is 7.52. The quantitative estimate of drug-likeness (QED) is 0.530. The Hall–Kier alpha value is -1.89. The molecule has 1 heterocycles. The van der Waals surface area contributed by atoms with Crippen LogP contribution in [-0.2, 0) is 16.0 Å². The van der Waals surface area contributed by atoms with Crippen LogP contribution in [0.25, 0.3) is 0 Å². The lowest BCUT2D eigenvalue weighted by molar-refractivity contribution is -0.142. The number of amides is 1. The van der Waals surface area contributed by atoms with E-state index in [0.29, 0.717) is 12.1 Å². The number of carbonyl (C=O) groups excluding carboxylic acids is 1. The predicted molar refractivity (Wildman–Crippen MR) is 69.4 cm³/mol. The van der Waals surface area contributed by atoms with Gasteiger partial charge in [0.1, 0.15) is 6.04 Å². The highest BCUT2D eigenvalue weighted by Gasteiger charge is 2.23. The van der Waals surface area contributed by atoms with Gasteiger partial charge < -0.3 is 21.1 Å². The molecule has 0 radical (unpaired) electrons. The zero-order chi connectivity index (χ0) is 14.3. The maximum atomic E-state index is 11.8. The molecule has 0 bridgehead atoms. The summed E-state index contributed by atoms with van der Waals surface area (Å²) in [7, 11) is 0. The molecule has 0 spiro atoms. The number of hydrogen-bond donors (Lipinski definition) is 4. The van der Waals surface area contributed by atoms with E-state index in [1.807, 2.05) is 6.92 Å². The lowest BCUT2D eigenvalue weighted by Crippen LogP contribution is -2.49. The third-order valence-electron chi connectivity index (χ3n) is 2.80. The average Bonchev–Trinajstić information content (AvgIpc) is 2.87.